The monoisotopic (exact) mass is 339 g/mol. The number of ether oxygens (including phenoxy) is 1. The van der Waals surface area contributed by atoms with Crippen LogP contribution < -0.4 is 0 Å². The number of likely N-dealkylation sites (tertiary alicyclic amines) is 1. The van der Waals surface area contributed by atoms with Crippen molar-refractivity contribution in [2.24, 2.45) is 0 Å². The molecule has 0 N–H and O–H groups in total. The van der Waals surface area contributed by atoms with E-state index in [0.717, 1.165) is 65.0 Å². The summed E-state index contributed by atoms with van der Waals surface area (Å²) in [5.74, 6) is 0.163. The number of piperidine rings is 1. The van der Waals surface area contributed by atoms with Crippen LogP contribution in [0.4, 0.5) is 0 Å². The maximum Gasteiger partial charge on any atom is 0.323 e. The van der Waals surface area contributed by atoms with E-state index in [1.54, 1.807) is 0 Å². The molecule has 0 radical (unpaired) electrons. The van der Waals surface area contributed by atoms with Gasteiger partial charge < -0.3 is 9.64 Å². The Labute approximate surface area is 146 Å². The molecule has 2 rings (SSSR count). The van der Waals surface area contributed by atoms with Crippen molar-refractivity contribution in [1.29, 1.82) is 0 Å². The Balaban J connectivity index is 1.78. The van der Waals surface area contributed by atoms with E-state index in [-0.39, 0.29) is 17.9 Å². The molecule has 0 aromatic carbocycles. The molecule has 6 heteroatoms. The normalized spacial score (nSPS) is 21.5. The third-order valence-corrected chi connectivity index (χ3v) is 5.04. The average Bonchev–Trinajstić information content (AvgIpc) is 2.61. The fourth-order valence-electron chi connectivity index (χ4n) is 3.63. The number of hydrogen-bond acceptors (Lipinski definition) is 5. The highest BCUT2D eigenvalue weighted by molar-refractivity contribution is 5.78. The molecule has 0 aromatic rings. The summed E-state index contributed by atoms with van der Waals surface area (Å²) < 4.78 is 5.23. The zero-order valence-electron chi connectivity index (χ0n) is 15.3. The van der Waals surface area contributed by atoms with Gasteiger partial charge >= 0.3 is 5.97 Å². The van der Waals surface area contributed by atoms with Crippen molar-refractivity contribution in [3.8, 4) is 0 Å². The molecule has 0 aromatic heterocycles. The second kappa shape index (κ2) is 9.99. The molecular formula is C18H33N3O3. The Morgan fingerprint density at radius 1 is 0.958 bits per heavy atom. The van der Waals surface area contributed by atoms with E-state index in [9.17, 15) is 9.59 Å². The number of hydrogen-bond donors (Lipinski definition) is 0. The fourth-order valence-corrected chi connectivity index (χ4v) is 3.63. The number of nitrogens with zero attached hydrogens (tertiary/aromatic N) is 3. The van der Waals surface area contributed by atoms with E-state index >= 15 is 0 Å². The molecule has 0 saturated carbocycles. The van der Waals surface area contributed by atoms with Crippen LogP contribution in [-0.2, 0) is 14.3 Å². The van der Waals surface area contributed by atoms with Crippen molar-refractivity contribution in [3.63, 3.8) is 0 Å². The van der Waals surface area contributed by atoms with Crippen LogP contribution in [0.15, 0.2) is 0 Å². The first kappa shape index (κ1) is 19.2. The minimum Gasteiger partial charge on any atom is -0.465 e. The molecule has 0 spiro atoms. The number of amides is 1. The maximum absolute atomic E-state index is 12.4. The van der Waals surface area contributed by atoms with Gasteiger partial charge in [-0.25, -0.2) is 0 Å². The largest absolute Gasteiger partial charge is 0.465 e. The van der Waals surface area contributed by atoms with Crippen LogP contribution in [0.5, 0.6) is 0 Å². The van der Waals surface area contributed by atoms with Gasteiger partial charge in [0.05, 0.1) is 13.2 Å². The Kier molecular flexibility index (Phi) is 7.99. The van der Waals surface area contributed by atoms with Crippen LogP contribution >= 0.6 is 0 Å². The standard InChI is InChI=1S/C18H33N3O3/c1-3-8-16(18(23)24-4-2)20-13-11-19(12-14-20)15-17(22)21-9-6-5-7-10-21/h16H,3-15H2,1-2H3/t16-/m0/s1. The molecule has 1 atom stereocenters. The van der Waals surface area contributed by atoms with Crippen molar-refractivity contribution in [1.82, 2.24) is 14.7 Å². The first-order valence-corrected chi connectivity index (χ1v) is 9.56. The molecule has 6 nitrogen and oxygen atoms in total. The third kappa shape index (κ3) is 5.45. The number of carbonyl (C=O) groups is 2. The molecule has 24 heavy (non-hydrogen) atoms. The summed E-state index contributed by atoms with van der Waals surface area (Å²) in [5.41, 5.74) is 0. The summed E-state index contributed by atoms with van der Waals surface area (Å²) in [5, 5.41) is 0. The molecule has 2 saturated heterocycles. The molecule has 0 aliphatic carbocycles. The molecule has 0 unspecified atom stereocenters. The third-order valence-electron chi connectivity index (χ3n) is 5.04. The molecule has 2 heterocycles. The van der Waals surface area contributed by atoms with E-state index in [4.69, 9.17) is 4.74 Å². The smallest absolute Gasteiger partial charge is 0.323 e. The lowest BCUT2D eigenvalue weighted by atomic mass is 10.1. The van der Waals surface area contributed by atoms with E-state index in [2.05, 4.69) is 16.7 Å². The lowest BCUT2D eigenvalue weighted by Crippen LogP contribution is -2.54. The van der Waals surface area contributed by atoms with Gasteiger partial charge in [0.15, 0.2) is 0 Å². The molecule has 1 amide bonds. The average molecular weight is 339 g/mol. The predicted molar refractivity (Wildman–Crippen MR) is 93.8 cm³/mol. The first-order chi connectivity index (χ1) is 11.7. The van der Waals surface area contributed by atoms with Crippen LogP contribution in [-0.4, -0.2) is 85.0 Å². The quantitative estimate of drug-likeness (QED) is 0.656. The summed E-state index contributed by atoms with van der Waals surface area (Å²) in [6, 6.07) is -0.130. The van der Waals surface area contributed by atoms with Crippen molar-refractivity contribution in [2.75, 3.05) is 52.4 Å². The van der Waals surface area contributed by atoms with E-state index in [1.165, 1.54) is 6.42 Å². The first-order valence-electron chi connectivity index (χ1n) is 9.56. The Bertz CT molecular complexity index is 402. The van der Waals surface area contributed by atoms with Crippen molar-refractivity contribution in [3.05, 3.63) is 0 Å². The Morgan fingerprint density at radius 2 is 1.62 bits per heavy atom. The van der Waals surface area contributed by atoms with Crippen LogP contribution in [0.2, 0.25) is 0 Å². The highest BCUT2D eigenvalue weighted by Gasteiger charge is 2.30. The summed E-state index contributed by atoms with van der Waals surface area (Å²) in [6.07, 6.45) is 5.33. The lowest BCUT2D eigenvalue weighted by Gasteiger charge is -2.38. The van der Waals surface area contributed by atoms with E-state index < -0.39 is 0 Å². The van der Waals surface area contributed by atoms with Crippen LogP contribution in [0.25, 0.3) is 0 Å². The Morgan fingerprint density at radius 3 is 2.21 bits per heavy atom. The zero-order valence-corrected chi connectivity index (χ0v) is 15.3. The van der Waals surface area contributed by atoms with Gasteiger partial charge in [-0.05, 0) is 32.6 Å². The number of esters is 1. The van der Waals surface area contributed by atoms with Crippen molar-refractivity contribution >= 4 is 11.9 Å². The summed E-state index contributed by atoms with van der Waals surface area (Å²) >= 11 is 0. The number of carbonyl (C=O) groups excluding carboxylic acids is 2. The van der Waals surface area contributed by atoms with Crippen LogP contribution in [0.3, 0.4) is 0 Å². The van der Waals surface area contributed by atoms with Gasteiger partial charge in [0.1, 0.15) is 6.04 Å². The van der Waals surface area contributed by atoms with E-state index in [1.807, 2.05) is 11.8 Å². The minimum atomic E-state index is -0.130. The van der Waals surface area contributed by atoms with Gasteiger partial charge in [0.25, 0.3) is 0 Å². The van der Waals surface area contributed by atoms with Crippen LogP contribution in [0.1, 0.15) is 46.0 Å². The van der Waals surface area contributed by atoms with Gasteiger partial charge in [-0.3, -0.25) is 19.4 Å². The molecule has 2 aliphatic rings. The Hall–Kier alpha value is -1.14. The molecule has 138 valence electrons. The summed E-state index contributed by atoms with van der Waals surface area (Å²) in [7, 11) is 0. The lowest BCUT2D eigenvalue weighted by molar-refractivity contribution is -0.151. The number of rotatable bonds is 7. The highest BCUT2D eigenvalue weighted by Crippen LogP contribution is 2.14. The van der Waals surface area contributed by atoms with Crippen molar-refractivity contribution < 1.29 is 14.3 Å². The van der Waals surface area contributed by atoms with Gasteiger partial charge in [0, 0.05) is 39.3 Å². The SMILES string of the molecule is CCC[C@@H](C(=O)OCC)N1CCN(CC(=O)N2CCCCC2)CC1. The van der Waals surface area contributed by atoms with Crippen molar-refractivity contribution in [2.45, 2.75) is 52.0 Å². The minimum absolute atomic E-state index is 0.0998. The number of piperazine rings is 1. The molecule has 0 bridgehead atoms. The second-order valence-corrected chi connectivity index (χ2v) is 6.81. The van der Waals surface area contributed by atoms with Gasteiger partial charge in [-0.1, -0.05) is 13.3 Å². The summed E-state index contributed by atoms with van der Waals surface area (Å²) in [6.45, 7) is 10.1. The second-order valence-electron chi connectivity index (χ2n) is 6.81. The zero-order chi connectivity index (χ0) is 17.4. The fraction of sp³-hybridized carbons (Fsp3) is 0.889. The van der Waals surface area contributed by atoms with Gasteiger partial charge in [-0.2, -0.15) is 0 Å². The van der Waals surface area contributed by atoms with Gasteiger partial charge in [-0.15, -0.1) is 0 Å². The molecule has 2 fully saturated rings. The highest BCUT2D eigenvalue weighted by atomic mass is 16.5. The van der Waals surface area contributed by atoms with E-state index in [0.29, 0.717) is 13.2 Å². The maximum atomic E-state index is 12.4. The van der Waals surface area contributed by atoms with Gasteiger partial charge in [0.2, 0.25) is 5.91 Å². The summed E-state index contributed by atoms with van der Waals surface area (Å²) in [4.78, 5) is 31.0. The molecular weight excluding hydrogens is 306 g/mol. The topological polar surface area (TPSA) is 53.1 Å². The van der Waals surface area contributed by atoms with Crippen LogP contribution in [0, 0.1) is 0 Å². The predicted octanol–water partition coefficient (Wildman–Crippen LogP) is 1.35. The molecule has 2 aliphatic heterocycles.